The Morgan fingerprint density at radius 2 is 1.76 bits per heavy atom. The van der Waals surface area contributed by atoms with Crippen LogP contribution in [-0.4, -0.2) is 33.9 Å². The highest BCUT2D eigenvalue weighted by Gasteiger charge is 2.38. The normalized spacial score (nSPS) is 9.81. The van der Waals surface area contributed by atoms with Gasteiger partial charge in [-0.15, -0.1) is 0 Å². The fourth-order valence-electron chi connectivity index (χ4n) is 1.65. The van der Waals surface area contributed by atoms with Crippen LogP contribution in [0, 0.1) is 20.2 Å². The Balaban J connectivity index is 3.89. The number of rotatable bonds is 5. The molecule has 0 saturated heterocycles. The number of nitrogens with zero attached hydrogens (tertiary/aromatic N) is 2. The van der Waals surface area contributed by atoms with Gasteiger partial charge in [0, 0.05) is 13.0 Å². The van der Waals surface area contributed by atoms with E-state index in [9.17, 15) is 29.8 Å². The summed E-state index contributed by atoms with van der Waals surface area (Å²) in [5.41, 5.74) is -3.84. The Morgan fingerprint density at radius 1 is 1.24 bits per heavy atom. The Hall–Kier alpha value is -3.24. The zero-order chi connectivity index (χ0) is 16.3. The first-order valence-electron chi connectivity index (χ1n) is 5.25. The van der Waals surface area contributed by atoms with Crippen molar-refractivity contribution in [1.29, 1.82) is 0 Å². The average Bonchev–Trinajstić information content (AvgIpc) is 2.35. The van der Waals surface area contributed by atoms with Crippen molar-refractivity contribution in [2.75, 3.05) is 12.4 Å². The van der Waals surface area contributed by atoms with Gasteiger partial charge < -0.3 is 15.2 Å². The van der Waals surface area contributed by atoms with Crippen LogP contribution in [0.25, 0.3) is 0 Å². The number of carbonyl (C=O) groups is 2. The molecular weight excluding hydrogens is 290 g/mol. The number of benzene rings is 1. The van der Waals surface area contributed by atoms with E-state index in [1.54, 1.807) is 0 Å². The van der Waals surface area contributed by atoms with Crippen molar-refractivity contribution < 1.29 is 29.3 Å². The van der Waals surface area contributed by atoms with Crippen LogP contribution in [0.3, 0.4) is 0 Å². The van der Waals surface area contributed by atoms with E-state index in [0.29, 0.717) is 0 Å². The molecule has 0 bridgehead atoms. The van der Waals surface area contributed by atoms with Gasteiger partial charge in [-0.3, -0.25) is 25.0 Å². The van der Waals surface area contributed by atoms with Crippen molar-refractivity contribution in [1.82, 2.24) is 0 Å². The maximum absolute atomic E-state index is 11.2. The summed E-state index contributed by atoms with van der Waals surface area (Å²) in [6.07, 6.45) is 0. The van der Waals surface area contributed by atoms with Crippen molar-refractivity contribution in [3.63, 3.8) is 0 Å². The minimum Gasteiger partial charge on any atom is -0.490 e. The quantitative estimate of drug-likeness (QED) is 0.604. The second kappa shape index (κ2) is 5.81. The Kier molecular flexibility index (Phi) is 4.38. The Morgan fingerprint density at radius 3 is 2.10 bits per heavy atom. The van der Waals surface area contributed by atoms with Gasteiger partial charge in [-0.1, -0.05) is 0 Å². The number of nitro groups is 2. The number of anilines is 1. The zero-order valence-electron chi connectivity index (χ0n) is 10.8. The zero-order valence-corrected chi connectivity index (χ0v) is 10.8. The molecule has 0 heterocycles. The summed E-state index contributed by atoms with van der Waals surface area (Å²) in [5, 5.41) is 33.1. The number of hydrogen-bond acceptors (Lipinski definition) is 7. The Bertz CT molecular complexity index is 654. The number of carboxylic acids is 1. The molecule has 11 heteroatoms. The number of carbonyl (C=O) groups excluding carboxylic acids is 1. The Labute approximate surface area is 116 Å². The summed E-state index contributed by atoms with van der Waals surface area (Å²) in [6.45, 7) is 1.04. The molecule has 0 aromatic heterocycles. The first kappa shape index (κ1) is 15.8. The van der Waals surface area contributed by atoms with Crippen molar-refractivity contribution in [2.24, 2.45) is 0 Å². The molecular formula is C10H9N3O8. The number of nitrogens with one attached hydrogen (secondary N) is 1. The molecule has 0 radical (unpaired) electrons. The monoisotopic (exact) mass is 299 g/mol. The average molecular weight is 299 g/mol. The highest BCUT2D eigenvalue weighted by Crippen LogP contribution is 2.42. The van der Waals surface area contributed by atoms with E-state index >= 15 is 0 Å². The summed E-state index contributed by atoms with van der Waals surface area (Å²) in [6, 6.07) is 0.824. The van der Waals surface area contributed by atoms with Crippen molar-refractivity contribution in [3.8, 4) is 5.75 Å². The molecule has 1 amide bonds. The molecule has 0 unspecified atom stereocenters. The topological polar surface area (TPSA) is 162 Å². The number of aromatic carboxylic acids is 1. The minimum atomic E-state index is -1.89. The molecule has 2 N–H and O–H groups in total. The van der Waals surface area contributed by atoms with Crippen molar-refractivity contribution in [3.05, 3.63) is 31.9 Å². The standard InChI is InChI=1S/C10H9N3O8/c1-4(14)11-5-3-6(21-2)9(13(19)20)7(10(15)16)8(5)12(17)18/h3H,1-2H3,(H,11,14)(H,15,16). The van der Waals surface area contributed by atoms with E-state index < -0.39 is 50.1 Å². The molecule has 0 aliphatic rings. The number of nitro benzene ring substituents is 2. The van der Waals surface area contributed by atoms with E-state index in [1.165, 1.54) is 0 Å². The third-order valence-corrected chi connectivity index (χ3v) is 2.35. The first-order chi connectivity index (χ1) is 9.70. The molecule has 0 aliphatic heterocycles. The second-order valence-corrected chi connectivity index (χ2v) is 3.70. The number of methoxy groups -OCH3 is 1. The highest BCUT2D eigenvalue weighted by atomic mass is 16.6. The van der Waals surface area contributed by atoms with E-state index in [0.717, 1.165) is 20.1 Å². The number of hydrogen-bond donors (Lipinski definition) is 2. The van der Waals surface area contributed by atoms with Crippen molar-refractivity contribution in [2.45, 2.75) is 6.92 Å². The van der Waals surface area contributed by atoms with E-state index in [-0.39, 0.29) is 0 Å². The van der Waals surface area contributed by atoms with Gasteiger partial charge in [0.25, 0.3) is 0 Å². The first-order valence-corrected chi connectivity index (χ1v) is 5.25. The third-order valence-electron chi connectivity index (χ3n) is 2.35. The predicted octanol–water partition coefficient (Wildman–Crippen LogP) is 1.17. The predicted molar refractivity (Wildman–Crippen MR) is 67.6 cm³/mol. The molecule has 0 saturated carbocycles. The van der Waals surface area contributed by atoms with Crippen LogP contribution in [0.1, 0.15) is 17.3 Å². The van der Waals surface area contributed by atoms with Crippen molar-refractivity contribution >= 4 is 28.9 Å². The molecule has 1 aromatic carbocycles. The van der Waals surface area contributed by atoms with E-state index in [4.69, 9.17) is 5.11 Å². The van der Waals surface area contributed by atoms with Crippen LogP contribution in [-0.2, 0) is 4.79 Å². The largest absolute Gasteiger partial charge is 0.490 e. The lowest BCUT2D eigenvalue weighted by Crippen LogP contribution is -2.14. The van der Waals surface area contributed by atoms with Gasteiger partial charge in [-0.2, -0.15) is 0 Å². The number of carboxylic acid groups (broad SMARTS) is 1. The maximum Gasteiger partial charge on any atom is 0.350 e. The van der Waals surface area contributed by atoms with Gasteiger partial charge >= 0.3 is 17.3 Å². The SMILES string of the molecule is COc1cc(NC(C)=O)c([N+](=O)[O-])c(C(=O)O)c1[N+](=O)[O-]. The summed E-state index contributed by atoms with van der Waals surface area (Å²) in [7, 11) is 1.03. The number of amides is 1. The van der Waals surface area contributed by atoms with Crippen LogP contribution in [0.2, 0.25) is 0 Å². The fourth-order valence-corrected chi connectivity index (χ4v) is 1.65. The molecule has 0 aliphatic carbocycles. The fraction of sp³-hybridized carbons (Fsp3) is 0.200. The lowest BCUT2D eigenvalue weighted by Gasteiger charge is -2.10. The van der Waals surface area contributed by atoms with Gasteiger partial charge in [0.05, 0.1) is 17.0 Å². The number of ether oxygens (including phenoxy) is 1. The third kappa shape index (κ3) is 3.02. The van der Waals surface area contributed by atoms with Gasteiger partial charge in [0.1, 0.15) is 5.69 Å². The molecule has 21 heavy (non-hydrogen) atoms. The molecule has 1 rings (SSSR count). The highest BCUT2D eigenvalue weighted by molar-refractivity contribution is 6.04. The summed E-state index contributed by atoms with van der Waals surface area (Å²) in [5.74, 6) is -3.13. The summed E-state index contributed by atoms with van der Waals surface area (Å²) < 4.78 is 4.68. The smallest absolute Gasteiger partial charge is 0.350 e. The van der Waals surface area contributed by atoms with Crippen LogP contribution < -0.4 is 10.1 Å². The van der Waals surface area contributed by atoms with E-state index in [1.807, 2.05) is 5.32 Å². The minimum absolute atomic E-state index is 0.507. The molecule has 0 spiro atoms. The van der Waals surface area contributed by atoms with Crippen LogP contribution in [0.15, 0.2) is 6.07 Å². The second-order valence-electron chi connectivity index (χ2n) is 3.70. The molecule has 1 aromatic rings. The lowest BCUT2D eigenvalue weighted by molar-refractivity contribution is -0.394. The molecule has 11 nitrogen and oxygen atoms in total. The molecule has 0 atom stereocenters. The summed E-state index contributed by atoms with van der Waals surface area (Å²) >= 11 is 0. The van der Waals surface area contributed by atoms with Gasteiger partial charge in [0.2, 0.25) is 11.5 Å². The van der Waals surface area contributed by atoms with Gasteiger partial charge in [-0.05, 0) is 0 Å². The molecule has 112 valence electrons. The van der Waals surface area contributed by atoms with Crippen LogP contribution >= 0.6 is 0 Å². The van der Waals surface area contributed by atoms with Gasteiger partial charge in [-0.25, -0.2) is 4.79 Å². The van der Waals surface area contributed by atoms with Gasteiger partial charge in [0.15, 0.2) is 5.75 Å². The van der Waals surface area contributed by atoms with Crippen LogP contribution in [0.5, 0.6) is 5.75 Å². The summed E-state index contributed by atoms with van der Waals surface area (Å²) in [4.78, 5) is 42.0. The molecule has 0 fully saturated rings. The van der Waals surface area contributed by atoms with E-state index in [2.05, 4.69) is 4.74 Å². The lowest BCUT2D eigenvalue weighted by atomic mass is 10.1. The van der Waals surface area contributed by atoms with Crippen LogP contribution in [0.4, 0.5) is 17.1 Å². The maximum atomic E-state index is 11.2.